The molecule has 11 heteroatoms. The Kier molecular flexibility index (Phi) is 16.8. The highest BCUT2D eigenvalue weighted by Gasteiger charge is 2.58. The predicted octanol–water partition coefficient (Wildman–Crippen LogP) is 9.34. The van der Waals surface area contributed by atoms with Gasteiger partial charge in [-0.15, -0.1) is 0 Å². The Morgan fingerprint density at radius 3 is 1.32 bits per heavy atom. The number of hydrogen-bond donors (Lipinski definition) is 1. The monoisotopic (exact) mass is 978 g/mol. The molecule has 0 radical (unpaired) electrons. The van der Waals surface area contributed by atoms with E-state index in [-0.39, 0.29) is 31.3 Å². The van der Waals surface area contributed by atoms with Crippen LogP contribution in [0.4, 0.5) is 0 Å². The lowest BCUT2D eigenvalue weighted by Crippen LogP contribution is -2.68. The maximum Gasteiger partial charge on any atom is 0.261 e. The zero-order chi connectivity index (χ0) is 49.3. The van der Waals surface area contributed by atoms with E-state index < -0.39 is 75.1 Å². The van der Waals surface area contributed by atoms with E-state index in [1.165, 1.54) is 0 Å². The Bertz CT molecular complexity index is 2460. The average molecular weight is 979 g/mol. The van der Waals surface area contributed by atoms with Crippen LogP contribution in [0.1, 0.15) is 63.3 Å². The zero-order valence-electron chi connectivity index (χ0n) is 41.7. The summed E-state index contributed by atoms with van der Waals surface area (Å²) in [7, 11) is -3.01. The molecule has 0 amide bonds. The van der Waals surface area contributed by atoms with Crippen molar-refractivity contribution in [1.29, 1.82) is 0 Å². The molecule has 0 aromatic heterocycles. The van der Waals surface area contributed by atoms with Gasteiger partial charge in [-0.3, -0.25) is 0 Å². The maximum atomic E-state index is 12.5. The molecule has 1 N–H and O–H groups in total. The minimum absolute atomic E-state index is 0.199. The first-order chi connectivity index (χ1) is 34.5. The molecular weight excluding hydrogens is 909 g/mol. The van der Waals surface area contributed by atoms with E-state index in [1.807, 2.05) is 123 Å². The molecule has 3 saturated heterocycles. The number of aliphatic hydroxyl groups is 1. The number of fused-ring (bicyclic) bond motifs is 1. The van der Waals surface area contributed by atoms with Crippen LogP contribution in [0.25, 0.3) is 0 Å². The van der Waals surface area contributed by atoms with E-state index in [9.17, 15) is 5.11 Å². The first-order valence-electron chi connectivity index (χ1n) is 25.2. The second-order valence-electron chi connectivity index (χ2n) is 20.5. The van der Waals surface area contributed by atoms with Crippen molar-refractivity contribution in [3.63, 3.8) is 0 Å². The number of benzene rings is 6. The fraction of sp³-hybridized carbons (Fsp3) is 0.400. The summed E-state index contributed by atoms with van der Waals surface area (Å²) in [4.78, 5) is 0. The van der Waals surface area contributed by atoms with E-state index in [2.05, 4.69) is 93.6 Å². The molecule has 10 nitrogen and oxygen atoms in total. The molecular formula is C60H70O10Si. The Labute approximate surface area is 421 Å². The molecule has 0 bridgehead atoms. The van der Waals surface area contributed by atoms with Crippen LogP contribution in [-0.2, 0) is 68.7 Å². The molecule has 0 saturated carbocycles. The fourth-order valence-electron chi connectivity index (χ4n) is 10.6. The number of ether oxygens (including phenoxy) is 8. The Hall–Kier alpha value is -4.86. The molecule has 6 aromatic rings. The van der Waals surface area contributed by atoms with Crippen LogP contribution in [0.2, 0.25) is 5.04 Å². The first kappa shape index (κ1) is 51.1. The van der Waals surface area contributed by atoms with Crippen LogP contribution in [0.15, 0.2) is 182 Å². The van der Waals surface area contributed by atoms with Crippen LogP contribution >= 0.6 is 0 Å². The molecule has 0 spiro atoms. The molecule has 3 aliphatic heterocycles. The fourth-order valence-corrected chi connectivity index (χ4v) is 15.1. The van der Waals surface area contributed by atoms with Gasteiger partial charge < -0.3 is 47.4 Å². The number of hydrogen-bond acceptors (Lipinski definition) is 10. The van der Waals surface area contributed by atoms with Crippen LogP contribution in [0.5, 0.6) is 0 Å². The molecule has 0 aliphatic carbocycles. The molecule has 0 unspecified atom stereocenters. The summed E-state index contributed by atoms with van der Waals surface area (Å²) >= 11 is 0. The quantitative estimate of drug-likeness (QED) is 0.0745. The Balaban J connectivity index is 1.07. The SMILES string of the molecule is CC1(C)O[C@@H]2[C@@H](O)[C@H](C[C@H]3O[C@H](COCc4ccccc4)[C@@H](OCc4ccccc4)[C@H](OCc4ccccc4)[C@@H]3OCc3ccccc3)O[C@H](CO[Si](c3ccccc3)(c3ccccc3)C(C)(C)C)[C@@H]2O1. The molecule has 374 valence electrons. The second-order valence-corrected chi connectivity index (χ2v) is 24.8. The second kappa shape index (κ2) is 23.3. The van der Waals surface area contributed by atoms with Crippen LogP contribution in [-0.4, -0.2) is 93.5 Å². The molecule has 71 heavy (non-hydrogen) atoms. The predicted molar refractivity (Wildman–Crippen MR) is 276 cm³/mol. The number of rotatable bonds is 20. The lowest BCUT2D eigenvalue weighted by Gasteiger charge is -2.49. The summed E-state index contributed by atoms with van der Waals surface area (Å²) in [6.07, 6.45) is -6.75. The van der Waals surface area contributed by atoms with E-state index >= 15 is 0 Å². The highest BCUT2D eigenvalue weighted by atomic mass is 28.4. The Morgan fingerprint density at radius 2 is 0.859 bits per heavy atom. The lowest BCUT2D eigenvalue weighted by molar-refractivity contribution is -0.283. The molecule has 6 aromatic carbocycles. The summed E-state index contributed by atoms with van der Waals surface area (Å²) in [6, 6.07) is 61.6. The van der Waals surface area contributed by atoms with Gasteiger partial charge in [-0.1, -0.05) is 203 Å². The van der Waals surface area contributed by atoms with Crippen molar-refractivity contribution in [2.45, 2.75) is 139 Å². The molecule has 10 atom stereocenters. The third-order valence-corrected chi connectivity index (χ3v) is 18.9. The highest BCUT2D eigenvalue weighted by Crippen LogP contribution is 2.43. The van der Waals surface area contributed by atoms with Gasteiger partial charge >= 0.3 is 0 Å². The van der Waals surface area contributed by atoms with Gasteiger partial charge in [0.25, 0.3) is 8.32 Å². The summed E-state index contributed by atoms with van der Waals surface area (Å²) in [5.74, 6) is -0.978. The van der Waals surface area contributed by atoms with Crippen LogP contribution < -0.4 is 10.4 Å². The van der Waals surface area contributed by atoms with Crippen molar-refractivity contribution in [2.24, 2.45) is 0 Å². The molecule has 9 rings (SSSR count). The van der Waals surface area contributed by atoms with Crippen LogP contribution in [0.3, 0.4) is 0 Å². The van der Waals surface area contributed by atoms with Gasteiger partial charge in [0.05, 0.1) is 51.8 Å². The topological polar surface area (TPSA) is 103 Å². The van der Waals surface area contributed by atoms with Crippen molar-refractivity contribution in [3.05, 3.63) is 204 Å². The normalized spacial score (nSPS) is 26.5. The molecule has 3 heterocycles. The maximum absolute atomic E-state index is 12.5. The molecule has 3 fully saturated rings. The number of aliphatic hydroxyl groups excluding tert-OH is 1. The van der Waals surface area contributed by atoms with Crippen molar-refractivity contribution >= 4 is 18.7 Å². The van der Waals surface area contributed by atoms with Gasteiger partial charge in [0.15, 0.2) is 5.79 Å². The summed E-state index contributed by atoms with van der Waals surface area (Å²) < 4.78 is 62.8. The van der Waals surface area contributed by atoms with Gasteiger partial charge in [0.2, 0.25) is 0 Å². The van der Waals surface area contributed by atoms with E-state index in [0.717, 1.165) is 32.6 Å². The van der Waals surface area contributed by atoms with Crippen molar-refractivity contribution in [1.82, 2.24) is 0 Å². The van der Waals surface area contributed by atoms with E-state index in [4.69, 9.17) is 42.3 Å². The third-order valence-electron chi connectivity index (χ3n) is 13.9. The molecule has 3 aliphatic rings. The highest BCUT2D eigenvalue weighted by molar-refractivity contribution is 6.99. The third kappa shape index (κ3) is 12.3. The zero-order valence-corrected chi connectivity index (χ0v) is 42.7. The van der Waals surface area contributed by atoms with Crippen LogP contribution in [0, 0.1) is 0 Å². The first-order valence-corrected chi connectivity index (χ1v) is 27.1. The van der Waals surface area contributed by atoms with E-state index in [1.54, 1.807) is 0 Å². The summed E-state index contributed by atoms with van der Waals surface area (Å²) in [5, 5.41) is 14.5. The van der Waals surface area contributed by atoms with Crippen molar-refractivity contribution in [2.75, 3.05) is 13.2 Å². The minimum Gasteiger partial charge on any atom is -0.405 e. The van der Waals surface area contributed by atoms with Gasteiger partial charge in [0, 0.05) is 6.42 Å². The standard InChI is InChI=1S/C60H70O10Si/c1-59(2,3)71(47-32-20-10-21-33-47,48-34-22-11-23-35-48)66-42-52-56-57(70-60(4,5)69-56)53(61)49(67-52)36-50-54(63-38-44-26-14-7-15-27-44)58(65-40-46-30-18-9-19-31-46)55(64-39-45-28-16-8-17-29-45)51(68-50)41-62-37-43-24-12-6-13-25-43/h6-35,49-58,61H,36-42H2,1-5H3/t49-,50+,51+,52+,53-,54+,55+,56-,57+,58+/m0/s1. The van der Waals surface area contributed by atoms with Gasteiger partial charge in [0.1, 0.15) is 48.8 Å². The largest absolute Gasteiger partial charge is 0.405 e. The van der Waals surface area contributed by atoms with E-state index in [0.29, 0.717) is 19.8 Å². The smallest absolute Gasteiger partial charge is 0.261 e. The Morgan fingerprint density at radius 1 is 0.465 bits per heavy atom. The van der Waals surface area contributed by atoms with Gasteiger partial charge in [-0.25, -0.2) is 0 Å². The van der Waals surface area contributed by atoms with Gasteiger partial charge in [-0.05, 0) is 51.5 Å². The average Bonchev–Trinajstić information content (AvgIpc) is 3.73. The van der Waals surface area contributed by atoms with Crippen molar-refractivity contribution in [3.8, 4) is 0 Å². The van der Waals surface area contributed by atoms with Gasteiger partial charge in [-0.2, -0.15) is 0 Å². The summed E-state index contributed by atoms with van der Waals surface area (Å²) in [6.45, 7) is 12.3. The minimum atomic E-state index is -3.01. The summed E-state index contributed by atoms with van der Waals surface area (Å²) in [5.41, 5.74) is 4.07. The van der Waals surface area contributed by atoms with Crippen molar-refractivity contribution < 1.29 is 47.4 Å². The lowest BCUT2D eigenvalue weighted by atomic mass is 9.87.